The number of aromatic nitrogens is 2. The van der Waals surface area contributed by atoms with Gasteiger partial charge in [-0.25, -0.2) is 10.5 Å². The maximum Gasteiger partial charge on any atom is 0.286 e. The normalized spacial score (nSPS) is 10.2. The summed E-state index contributed by atoms with van der Waals surface area (Å²) in [5, 5.41) is 11.8. The number of nitrogens with one attached hydrogen (secondary N) is 2. The molecule has 19 heavy (non-hydrogen) atoms. The maximum atomic E-state index is 11.8. The average molecular weight is 280 g/mol. The highest BCUT2D eigenvalue weighted by atomic mass is 32.1. The van der Waals surface area contributed by atoms with Gasteiger partial charge in [0.05, 0.1) is 12.7 Å². The number of nitrogens with zero attached hydrogens (tertiary/aromatic N) is 2. The van der Waals surface area contributed by atoms with Gasteiger partial charge >= 0.3 is 0 Å². The molecule has 100 valence electrons. The lowest BCUT2D eigenvalue weighted by atomic mass is 10.4. The van der Waals surface area contributed by atoms with Crippen LogP contribution in [0.5, 0.6) is 0 Å². The molecule has 0 saturated heterocycles. The molecule has 8 heteroatoms. The lowest BCUT2D eigenvalue weighted by molar-refractivity contribution is 0.0710. The van der Waals surface area contributed by atoms with Crippen LogP contribution in [-0.4, -0.2) is 26.6 Å². The highest BCUT2D eigenvalue weighted by Gasteiger charge is 2.12. The Labute approximate surface area is 112 Å². The van der Waals surface area contributed by atoms with Crippen molar-refractivity contribution < 1.29 is 14.8 Å². The number of hydrogen-bond acceptors (Lipinski definition) is 5. The van der Waals surface area contributed by atoms with E-state index in [1.165, 1.54) is 11.7 Å². The summed E-state index contributed by atoms with van der Waals surface area (Å²) in [7, 11) is 1.78. The molecule has 0 saturated carbocycles. The van der Waals surface area contributed by atoms with Crippen molar-refractivity contribution in [2.75, 3.05) is 0 Å². The predicted octanol–water partition coefficient (Wildman–Crippen LogP) is 0.531. The van der Waals surface area contributed by atoms with Gasteiger partial charge in [0, 0.05) is 13.2 Å². The first-order valence-electron chi connectivity index (χ1n) is 5.40. The number of thiazole rings is 1. The zero-order chi connectivity index (χ0) is 13.8. The fraction of sp³-hybridized carbons (Fsp3) is 0.182. The van der Waals surface area contributed by atoms with Crippen LogP contribution in [0, 0.1) is 0 Å². The fourth-order valence-electron chi connectivity index (χ4n) is 1.50. The van der Waals surface area contributed by atoms with E-state index < -0.39 is 5.91 Å². The second-order valence-corrected chi connectivity index (χ2v) is 4.86. The Kier molecular flexibility index (Phi) is 3.93. The predicted molar refractivity (Wildman–Crippen MR) is 67.9 cm³/mol. The van der Waals surface area contributed by atoms with Crippen LogP contribution in [0.1, 0.15) is 25.2 Å². The number of hydrogen-bond donors (Lipinski definition) is 3. The third-order valence-electron chi connectivity index (χ3n) is 2.46. The first kappa shape index (κ1) is 13.2. The molecule has 0 radical (unpaired) electrons. The minimum atomic E-state index is -0.613. The van der Waals surface area contributed by atoms with Gasteiger partial charge in [-0.3, -0.25) is 14.8 Å². The molecule has 3 N–H and O–H groups in total. The Morgan fingerprint density at radius 2 is 2.26 bits per heavy atom. The molecule has 0 atom stereocenters. The quantitative estimate of drug-likeness (QED) is 0.562. The van der Waals surface area contributed by atoms with Crippen molar-refractivity contribution in [3.05, 3.63) is 40.1 Å². The molecule has 2 rings (SSSR count). The molecule has 0 aliphatic carbocycles. The van der Waals surface area contributed by atoms with E-state index in [0.29, 0.717) is 10.7 Å². The molecule has 0 unspecified atom stereocenters. The Balaban J connectivity index is 1.96. The van der Waals surface area contributed by atoms with Gasteiger partial charge in [0.2, 0.25) is 0 Å². The minimum absolute atomic E-state index is 0.212. The zero-order valence-corrected chi connectivity index (χ0v) is 10.9. The van der Waals surface area contributed by atoms with Crippen LogP contribution in [0.4, 0.5) is 0 Å². The Morgan fingerprint density at radius 3 is 2.89 bits per heavy atom. The average Bonchev–Trinajstić information content (AvgIpc) is 3.04. The molecule has 0 aliphatic heterocycles. The molecule has 7 nitrogen and oxygen atoms in total. The van der Waals surface area contributed by atoms with Crippen LogP contribution < -0.4 is 10.8 Å². The van der Waals surface area contributed by atoms with Crippen molar-refractivity contribution in [1.29, 1.82) is 0 Å². The molecule has 2 aromatic rings. The maximum absolute atomic E-state index is 11.8. The third-order valence-corrected chi connectivity index (χ3v) is 3.45. The molecule has 0 spiro atoms. The van der Waals surface area contributed by atoms with Gasteiger partial charge in [0.1, 0.15) is 15.6 Å². The van der Waals surface area contributed by atoms with Gasteiger partial charge in [-0.2, -0.15) is 0 Å². The van der Waals surface area contributed by atoms with Gasteiger partial charge in [-0.1, -0.05) is 0 Å². The first-order valence-corrected chi connectivity index (χ1v) is 6.22. The zero-order valence-electron chi connectivity index (χ0n) is 10.1. The highest BCUT2D eigenvalue weighted by Crippen LogP contribution is 2.12. The van der Waals surface area contributed by atoms with Crippen molar-refractivity contribution in [3.8, 4) is 0 Å². The molecular weight excluding hydrogens is 268 g/mol. The van der Waals surface area contributed by atoms with Crippen LogP contribution in [0.15, 0.2) is 24.5 Å². The van der Waals surface area contributed by atoms with E-state index in [1.54, 1.807) is 29.9 Å². The lowest BCUT2D eigenvalue weighted by Crippen LogP contribution is -2.24. The second kappa shape index (κ2) is 5.63. The minimum Gasteiger partial charge on any atom is -0.347 e. The molecule has 0 fully saturated rings. The Morgan fingerprint density at radius 1 is 1.47 bits per heavy atom. The number of carbonyl (C=O) groups excluding carboxylic acids is 2. The smallest absolute Gasteiger partial charge is 0.286 e. The van der Waals surface area contributed by atoms with E-state index in [0.717, 1.165) is 11.3 Å². The number of aryl methyl sites for hydroxylation is 1. The summed E-state index contributed by atoms with van der Waals surface area (Å²) >= 11 is 1.10. The number of carbonyl (C=O) groups is 2. The van der Waals surface area contributed by atoms with Gasteiger partial charge in [0.25, 0.3) is 11.8 Å². The SMILES string of the molecule is Cn1cccc1C(=O)NCc1ncc(C(=O)NO)s1. The second-order valence-electron chi connectivity index (χ2n) is 3.75. The van der Waals surface area contributed by atoms with Crippen molar-refractivity contribution in [2.45, 2.75) is 6.54 Å². The fourth-order valence-corrected chi connectivity index (χ4v) is 2.24. The largest absolute Gasteiger partial charge is 0.347 e. The van der Waals surface area contributed by atoms with Crippen LogP contribution >= 0.6 is 11.3 Å². The van der Waals surface area contributed by atoms with E-state index in [1.807, 2.05) is 0 Å². The van der Waals surface area contributed by atoms with Crippen molar-refractivity contribution in [3.63, 3.8) is 0 Å². The van der Waals surface area contributed by atoms with Gasteiger partial charge in [-0.05, 0) is 12.1 Å². The van der Waals surface area contributed by atoms with Crippen molar-refractivity contribution >= 4 is 23.2 Å². The van der Waals surface area contributed by atoms with Crippen molar-refractivity contribution in [1.82, 2.24) is 20.3 Å². The number of hydroxylamine groups is 1. The number of amides is 2. The Bertz CT molecular complexity index is 605. The van der Waals surface area contributed by atoms with Crippen LogP contribution in [0.2, 0.25) is 0 Å². The first-order chi connectivity index (χ1) is 9.11. The molecular formula is C11H12N4O3S. The van der Waals surface area contributed by atoms with Crippen molar-refractivity contribution in [2.24, 2.45) is 7.05 Å². The third kappa shape index (κ3) is 2.98. The molecule has 2 heterocycles. The molecule has 0 aromatic carbocycles. The molecule has 0 aliphatic rings. The van der Waals surface area contributed by atoms with Gasteiger partial charge in [-0.15, -0.1) is 11.3 Å². The molecule has 0 bridgehead atoms. The van der Waals surface area contributed by atoms with Crippen LogP contribution in [0.25, 0.3) is 0 Å². The topological polar surface area (TPSA) is 96.2 Å². The monoisotopic (exact) mass is 280 g/mol. The van der Waals surface area contributed by atoms with E-state index in [4.69, 9.17) is 5.21 Å². The van der Waals surface area contributed by atoms with E-state index >= 15 is 0 Å². The lowest BCUT2D eigenvalue weighted by Gasteiger charge is -2.03. The van der Waals surface area contributed by atoms with Gasteiger partial charge in [0.15, 0.2) is 0 Å². The molecule has 2 aromatic heterocycles. The summed E-state index contributed by atoms with van der Waals surface area (Å²) in [5.74, 6) is -0.826. The molecule has 2 amide bonds. The summed E-state index contributed by atoms with van der Waals surface area (Å²) in [6.07, 6.45) is 3.13. The summed E-state index contributed by atoms with van der Waals surface area (Å²) in [6, 6.07) is 3.49. The summed E-state index contributed by atoms with van der Waals surface area (Å²) in [6.45, 7) is 0.230. The Hall–Kier alpha value is -2.19. The highest BCUT2D eigenvalue weighted by molar-refractivity contribution is 7.13. The number of rotatable bonds is 4. The standard InChI is InChI=1S/C11H12N4O3S/c1-15-4-2-3-7(15)10(16)13-6-9-12-5-8(19-9)11(17)14-18/h2-5,18H,6H2,1H3,(H,13,16)(H,14,17). The van der Waals surface area contributed by atoms with E-state index in [-0.39, 0.29) is 17.3 Å². The van der Waals surface area contributed by atoms with Crippen LogP contribution in [-0.2, 0) is 13.6 Å². The summed E-state index contributed by atoms with van der Waals surface area (Å²) in [5.41, 5.74) is 2.08. The summed E-state index contributed by atoms with van der Waals surface area (Å²) in [4.78, 5) is 27.2. The van der Waals surface area contributed by atoms with E-state index in [9.17, 15) is 9.59 Å². The summed E-state index contributed by atoms with van der Waals surface area (Å²) < 4.78 is 1.71. The van der Waals surface area contributed by atoms with E-state index in [2.05, 4.69) is 10.3 Å². The van der Waals surface area contributed by atoms with Crippen LogP contribution in [0.3, 0.4) is 0 Å². The van der Waals surface area contributed by atoms with Gasteiger partial charge < -0.3 is 9.88 Å².